The van der Waals surface area contributed by atoms with Crippen molar-refractivity contribution >= 4 is 16.9 Å². The minimum Gasteiger partial charge on any atom is -0.356 e. The summed E-state index contributed by atoms with van der Waals surface area (Å²) >= 11 is 0. The first-order valence-corrected chi connectivity index (χ1v) is 7.32. The Morgan fingerprint density at radius 3 is 3.19 bits per heavy atom. The summed E-state index contributed by atoms with van der Waals surface area (Å²) in [5, 5.41) is 1.11. The van der Waals surface area contributed by atoms with Crippen molar-refractivity contribution in [2.75, 3.05) is 18.0 Å². The smallest absolute Gasteiger partial charge is 0.142 e. The lowest BCUT2D eigenvalue weighted by Crippen LogP contribution is -2.21. The lowest BCUT2D eigenvalue weighted by atomic mass is 10.0. The lowest BCUT2D eigenvalue weighted by Gasteiger charge is -2.18. The number of H-pyrrole nitrogens is 1. The summed E-state index contributed by atoms with van der Waals surface area (Å²) in [6.45, 7) is 2.11. The Balaban J connectivity index is 1.52. The van der Waals surface area contributed by atoms with Crippen LogP contribution in [0.1, 0.15) is 12.0 Å². The Kier molecular flexibility index (Phi) is 3.03. The van der Waals surface area contributed by atoms with Gasteiger partial charge in [-0.25, -0.2) is 9.97 Å². The molecular weight excluding hydrogens is 262 g/mol. The van der Waals surface area contributed by atoms with E-state index >= 15 is 0 Å². The topological polar surface area (TPSA) is 57.7 Å². The maximum Gasteiger partial charge on any atom is 0.142 e. The molecule has 3 aromatic heterocycles. The molecule has 0 aromatic carbocycles. The molecule has 4 heterocycles. The van der Waals surface area contributed by atoms with Gasteiger partial charge in [-0.1, -0.05) is 6.07 Å². The van der Waals surface area contributed by atoms with Gasteiger partial charge in [0, 0.05) is 31.7 Å². The standard InChI is InChI=1S/C16H17N5/c1-2-12(9-17-5-1)8-13-4-7-21(10-13)16-14-3-6-18-15(14)19-11-20-16/h1-3,5-6,9,11,13H,4,7-8,10H2,(H,18,19,20). The number of nitrogens with zero attached hydrogens (tertiary/aromatic N) is 4. The summed E-state index contributed by atoms with van der Waals surface area (Å²) in [7, 11) is 0. The Morgan fingerprint density at radius 1 is 1.29 bits per heavy atom. The quantitative estimate of drug-likeness (QED) is 0.800. The summed E-state index contributed by atoms with van der Waals surface area (Å²) in [6.07, 6.45) is 9.65. The van der Waals surface area contributed by atoms with Gasteiger partial charge in [-0.3, -0.25) is 4.98 Å². The maximum atomic E-state index is 4.49. The molecule has 1 aliphatic heterocycles. The zero-order chi connectivity index (χ0) is 14.1. The number of hydrogen-bond acceptors (Lipinski definition) is 4. The molecule has 1 atom stereocenters. The van der Waals surface area contributed by atoms with Crippen molar-refractivity contribution in [1.82, 2.24) is 19.9 Å². The van der Waals surface area contributed by atoms with E-state index in [0.717, 1.165) is 36.4 Å². The van der Waals surface area contributed by atoms with E-state index in [-0.39, 0.29) is 0 Å². The molecule has 3 aromatic rings. The number of nitrogens with one attached hydrogen (secondary N) is 1. The van der Waals surface area contributed by atoms with Crippen LogP contribution in [0.2, 0.25) is 0 Å². The normalized spacial score (nSPS) is 18.5. The summed E-state index contributed by atoms with van der Waals surface area (Å²) in [6, 6.07) is 6.22. The summed E-state index contributed by atoms with van der Waals surface area (Å²) in [5.41, 5.74) is 2.23. The van der Waals surface area contributed by atoms with Crippen LogP contribution in [0.5, 0.6) is 0 Å². The van der Waals surface area contributed by atoms with Crippen molar-refractivity contribution in [3.05, 3.63) is 48.7 Å². The second kappa shape index (κ2) is 5.16. The molecule has 1 aliphatic rings. The number of pyridine rings is 1. The average molecular weight is 279 g/mol. The molecule has 0 bridgehead atoms. The van der Waals surface area contributed by atoms with Crippen LogP contribution in [0.25, 0.3) is 11.0 Å². The monoisotopic (exact) mass is 279 g/mol. The minimum atomic E-state index is 0.665. The highest BCUT2D eigenvalue weighted by molar-refractivity contribution is 5.87. The highest BCUT2D eigenvalue weighted by Crippen LogP contribution is 2.28. The molecule has 1 N–H and O–H groups in total. The van der Waals surface area contributed by atoms with Crippen molar-refractivity contribution in [3.63, 3.8) is 0 Å². The fourth-order valence-corrected chi connectivity index (χ4v) is 3.15. The van der Waals surface area contributed by atoms with Crippen LogP contribution >= 0.6 is 0 Å². The molecule has 0 saturated carbocycles. The lowest BCUT2D eigenvalue weighted by molar-refractivity contribution is 0.585. The molecule has 21 heavy (non-hydrogen) atoms. The van der Waals surface area contributed by atoms with Gasteiger partial charge in [0.1, 0.15) is 17.8 Å². The highest BCUT2D eigenvalue weighted by atomic mass is 15.2. The molecule has 1 unspecified atom stereocenters. The Morgan fingerprint density at radius 2 is 2.29 bits per heavy atom. The van der Waals surface area contributed by atoms with Gasteiger partial charge >= 0.3 is 0 Å². The molecule has 5 nitrogen and oxygen atoms in total. The molecule has 0 amide bonds. The number of anilines is 1. The van der Waals surface area contributed by atoms with Crippen LogP contribution in [0.4, 0.5) is 5.82 Å². The first-order chi connectivity index (χ1) is 10.4. The Hall–Kier alpha value is -2.43. The second-order valence-corrected chi connectivity index (χ2v) is 5.60. The van der Waals surface area contributed by atoms with E-state index in [1.54, 1.807) is 6.33 Å². The van der Waals surface area contributed by atoms with E-state index in [1.807, 2.05) is 24.7 Å². The third-order valence-corrected chi connectivity index (χ3v) is 4.17. The molecule has 0 aliphatic carbocycles. The van der Waals surface area contributed by atoms with E-state index in [4.69, 9.17) is 0 Å². The summed E-state index contributed by atoms with van der Waals surface area (Å²) < 4.78 is 0. The number of aromatic nitrogens is 4. The Bertz CT molecular complexity index is 737. The predicted octanol–water partition coefficient (Wildman–Crippen LogP) is 2.42. The van der Waals surface area contributed by atoms with Crippen molar-refractivity contribution < 1.29 is 0 Å². The summed E-state index contributed by atoms with van der Waals surface area (Å²) in [4.78, 5) is 18.5. The fourth-order valence-electron chi connectivity index (χ4n) is 3.15. The van der Waals surface area contributed by atoms with Gasteiger partial charge in [0.05, 0.1) is 5.39 Å². The molecule has 0 spiro atoms. The molecule has 106 valence electrons. The van der Waals surface area contributed by atoms with Crippen molar-refractivity contribution in [2.24, 2.45) is 5.92 Å². The van der Waals surface area contributed by atoms with Crippen LogP contribution in [0.15, 0.2) is 43.1 Å². The third-order valence-electron chi connectivity index (χ3n) is 4.17. The van der Waals surface area contributed by atoms with Crippen LogP contribution in [0, 0.1) is 5.92 Å². The van der Waals surface area contributed by atoms with E-state index in [0.29, 0.717) is 5.92 Å². The van der Waals surface area contributed by atoms with Crippen LogP contribution in [-0.4, -0.2) is 33.0 Å². The van der Waals surface area contributed by atoms with E-state index in [9.17, 15) is 0 Å². The van der Waals surface area contributed by atoms with Crippen LogP contribution < -0.4 is 4.90 Å². The van der Waals surface area contributed by atoms with E-state index in [1.165, 1.54) is 12.0 Å². The molecule has 0 radical (unpaired) electrons. The van der Waals surface area contributed by atoms with E-state index < -0.39 is 0 Å². The molecule has 1 fully saturated rings. The van der Waals surface area contributed by atoms with Gasteiger partial charge in [-0.2, -0.15) is 0 Å². The largest absolute Gasteiger partial charge is 0.356 e. The number of aromatic amines is 1. The zero-order valence-electron chi connectivity index (χ0n) is 11.7. The Labute approximate surface area is 123 Å². The summed E-state index contributed by atoms with van der Waals surface area (Å²) in [5.74, 6) is 1.72. The number of fused-ring (bicyclic) bond motifs is 1. The number of hydrogen-bond donors (Lipinski definition) is 1. The van der Waals surface area contributed by atoms with Gasteiger partial charge in [0.15, 0.2) is 0 Å². The van der Waals surface area contributed by atoms with E-state index in [2.05, 4.69) is 37.0 Å². The van der Waals surface area contributed by atoms with Crippen LogP contribution in [0.3, 0.4) is 0 Å². The van der Waals surface area contributed by atoms with Gasteiger partial charge < -0.3 is 9.88 Å². The molecular formula is C16H17N5. The van der Waals surface area contributed by atoms with Crippen LogP contribution in [-0.2, 0) is 6.42 Å². The zero-order valence-corrected chi connectivity index (χ0v) is 11.7. The van der Waals surface area contributed by atoms with Gasteiger partial charge in [-0.15, -0.1) is 0 Å². The SMILES string of the molecule is c1cncc(CC2CCN(c3ncnc4[nH]ccc34)C2)c1. The molecule has 1 saturated heterocycles. The molecule has 4 rings (SSSR count). The first-order valence-electron chi connectivity index (χ1n) is 7.32. The minimum absolute atomic E-state index is 0.665. The van der Waals surface area contributed by atoms with Crippen molar-refractivity contribution in [1.29, 1.82) is 0 Å². The first kappa shape index (κ1) is 12.3. The predicted molar refractivity (Wildman–Crippen MR) is 82.1 cm³/mol. The number of rotatable bonds is 3. The van der Waals surface area contributed by atoms with Crippen molar-refractivity contribution in [2.45, 2.75) is 12.8 Å². The van der Waals surface area contributed by atoms with Crippen molar-refractivity contribution in [3.8, 4) is 0 Å². The van der Waals surface area contributed by atoms with Gasteiger partial charge in [-0.05, 0) is 36.5 Å². The third kappa shape index (κ3) is 2.35. The molecule has 5 heteroatoms. The van der Waals surface area contributed by atoms with Gasteiger partial charge in [0.2, 0.25) is 0 Å². The second-order valence-electron chi connectivity index (χ2n) is 5.60. The van der Waals surface area contributed by atoms with Gasteiger partial charge in [0.25, 0.3) is 0 Å². The fraction of sp³-hybridized carbons (Fsp3) is 0.312. The average Bonchev–Trinajstić information content (AvgIpc) is 3.16. The highest BCUT2D eigenvalue weighted by Gasteiger charge is 2.25. The maximum absolute atomic E-state index is 4.49.